The lowest BCUT2D eigenvalue weighted by Gasteiger charge is -2.12. The van der Waals surface area contributed by atoms with Crippen LogP contribution in [0.15, 0.2) is 64.6 Å². The number of nitriles is 1. The summed E-state index contributed by atoms with van der Waals surface area (Å²) in [6, 6.07) is 15.0. The summed E-state index contributed by atoms with van der Waals surface area (Å²) in [5.41, 5.74) is 2.35. The number of carbonyl (C=O) groups is 1. The van der Waals surface area contributed by atoms with Crippen LogP contribution in [-0.4, -0.2) is 15.9 Å². The van der Waals surface area contributed by atoms with Gasteiger partial charge in [0.15, 0.2) is 5.78 Å². The molecular formula is C22H18N2O3S. The number of ketones is 1. The van der Waals surface area contributed by atoms with Gasteiger partial charge in [0.2, 0.25) is 0 Å². The van der Waals surface area contributed by atoms with E-state index in [1.807, 2.05) is 24.3 Å². The van der Waals surface area contributed by atoms with E-state index in [2.05, 4.69) is 11.1 Å². The number of aromatic hydroxyl groups is 1. The van der Waals surface area contributed by atoms with E-state index in [9.17, 15) is 9.90 Å². The Morgan fingerprint density at radius 3 is 2.61 bits per heavy atom. The van der Waals surface area contributed by atoms with Crippen molar-refractivity contribution < 1.29 is 14.6 Å². The molecule has 0 spiro atoms. The molecule has 1 aromatic heterocycles. The molecule has 0 saturated carbocycles. The van der Waals surface area contributed by atoms with E-state index in [1.54, 1.807) is 31.3 Å². The largest absolute Gasteiger partial charge is 0.507 e. The van der Waals surface area contributed by atoms with Crippen LogP contribution in [0, 0.1) is 18.3 Å². The smallest absolute Gasteiger partial charge is 0.163 e. The highest BCUT2D eigenvalue weighted by molar-refractivity contribution is 7.99. The summed E-state index contributed by atoms with van der Waals surface area (Å²) in [6.45, 7) is 3.48. The first-order valence-electron chi connectivity index (χ1n) is 8.56. The summed E-state index contributed by atoms with van der Waals surface area (Å²) in [4.78, 5) is 17.5. The fraction of sp³-hybridized carbons (Fsp3) is 0.136. The van der Waals surface area contributed by atoms with Crippen molar-refractivity contribution in [3.63, 3.8) is 0 Å². The third-order valence-electron chi connectivity index (χ3n) is 4.16. The maximum atomic E-state index is 11.5. The molecule has 0 bridgehead atoms. The Morgan fingerprint density at radius 2 is 1.93 bits per heavy atom. The zero-order chi connectivity index (χ0) is 20.1. The maximum Gasteiger partial charge on any atom is 0.163 e. The highest BCUT2D eigenvalue weighted by Gasteiger charge is 2.13. The van der Waals surface area contributed by atoms with Crippen LogP contribution in [0.4, 0.5) is 0 Å². The van der Waals surface area contributed by atoms with Gasteiger partial charge >= 0.3 is 0 Å². The standard InChI is InChI=1S/C22H18N2O3S/c1-14-21(8-7-20(15(2)25)22(14)26)27-13-16-3-5-18(6-4-16)28-19-9-17(10-23)11-24-12-19/h3-9,11-12,26H,13H2,1-2H3. The SMILES string of the molecule is CC(=O)c1ccc(OCc2ccc(Sc3cncc(C#N)c3)cc2)c(C)c1O. The number of nitrogens with zero attached hydrogens (tertiary/aromatic N) is 2. The van der Waals surface area contributed by atoms with Crippen molar-refractivity contribution in [1.29, 1.82) is 5.26 Å². The van der Waals surface area contributed by atoms with Crippen LogP contribution in [0.1, 0.15) is 34.0 Å². The molecule has 1 N–H and O–H groups in total. The molecule has 1 heterocycles. The summed E-state index contributed by atoms with van der Waals surface area (Å²) >= 11 is 1.53. The molecule has 2 aromatic carbocycles. The number of Topliss-reactive ketones (excluding diaryl/α,β-unsaturated/α-hetero) is 1. The molecular weight excluding hydrogens is 372 g/mol. The predicted molar refractivity (Wildman–Crippen MR) is 107 cm³/mol. The number of benzene rings is 2. The molecule has 0 radical (unpaired) electrons. The molecule has 140 valence electrons. The summed E-state index contributed by atoms with van der Waals surface area (Å²) in [5.74, 6) is 0.320. The molecule has 5 nitrogen and oxygen atoms in total. The second-order valence-electron chi connectivity index (χ2n) is 6.20. The summed E-state index contributed by atoms with van der Waals surface area (Å²) in [5, 5.41) is 19.1. The highest BCUT2D eigenvalue weighted by Crippen LogP contribution is 2.32. The van der Waals surface area contributed by atoms with Crippen LogP contribution in [0.5, 0.6) is 11.5 Å². The van der Waals surface area contributed by atoms with E-state index >= 15 is 0 Å². The van der Waals surface area contributed by atoms with E-state index in [4.69, 9.17) is 10.00 Å². The number of phenols is 1. The van der Waals surface area contributed by atoms with E-state index in [0.29, 0.717) is 29.0 Å². The Kier molecular flexibility index (Phi) is 5.97. The first-order valence-corrected chi connectivity index (χ1v) is 9.38. The van der Waals surface area contributed by atoms with Gasteiger partial charge in [-0.1, -0.05) is 23.9 Å². The summed E-state index contributed by atoms with van der Waals surface area (Å²) < 4.78 is 5.80. The molecule has 0 aliphatic carbocycles. The highest BCUT2D eigenvalue weighted by atomic mass is 32.2. The molecule has 0 saturated heterocycles. The van der Waals surface area contributed by atoms with Crippen molar-refractivity contribution in [3.8, 4) is 17.6 Å². The third kappa shape index (κ3) is 4.51. The molecule has 0 aliphatic rings. The lowest BCUT2D eigenvalue weighted by Crippen LogP contribution is -2.00. The van der Waals surface area contributed by atoms with Gasteiger partial charge in [0.1, 0.15) is 24.2 Å². The number of hydrogen-bond acceptors (Lipinski definition) is 6. The van der Waals surface area contributed by atoms with Crippen molar-refractivity contribution in [2.45, 2.75) is 30.2 Å². The fourth-order valence-corrected chi connectivity index (χ4v) is 3.45. The Balaban J connectivity index is 1.66. The van der Waals surface area contributed by atoms with Crippen molar-refractivity contribution in [3.05, 3.63) is 77.1 Å². The van der Waals surface area contributed by atoms with Crippen LogP contribution < -0.4 is 4.74 Å². The molecule has 6 heteroatoms. The van der Waals surface area contributed by atoms with Crippen LogP contribution in [-0.2, 0) is 6.61 Å². The average Bonchev–Trinajstić information content (AvgIpc) is 2.70. The molecule has 3 rings (SSSR count). The number of rotatable bonds is 6. The zero-order valence-electron chi connectivity index (χ0n) is 15.5. The number of hydrogen-bond donors (Lipinski definition) is 1. The van der Waals surface area contributed by atoms with Gasteiger partial charge in [0.25, 0.3) is 0 Å². The normalized spacial score (nSPS) is 10.3. The van der Waals surface area contributed by atoms with Gasteiger partial charge < -0.3 is 9.84 Å². The van der Waals surface area contributed by atoms with Crippen LogP contribution in [0.25, 0.3) is 0 Å². The van der Waals surface area contributed by atoms with Gasteiger partial charge in [-0.05, 0) is 49.7 Å². The molecule has 0 amide bonds. The molecule has 0 unspecified atom stereocenters. The Morgan fingerprint density at radius 1 is 1.18 bits per heavy atom. The van der Waals surface area contributed by atoms with E-state index < -0.39 is 0 Å². The summed E-state index contributed by atoms with van der Waals surface area (Å²) in [7, 11) is 0. The fourth-order valence-electron chi connectivity index (χ4n) is 2.61. The molecule has 0 fully saturated rings. The van der Waals surface area contributed by atoms with E-state index in [0.717, 1.165) is 15.4 Å². The average molecular weight is 390 g/mol. The minimum absolute atomic E-state index is 0.0371. The second kappa shape index (κ2) is 8.59. The topological polar surface area (TPSA) is 83.2 Å². The maximum absolute atomic E-state index is 11.5. The van der Waals surface area contributed by atoms with Crippen LogP contribution in [0.3, 0.4) is 0 Å². The van der Waals surface area contributed by atoms with Crippen molar-refractivity contribution in [1.82, 2.24) is 4.98 Å². The van der Waals surface area contributed by atoms with E-state index in [-0.39, 0.29) is 11.5 Å². The Bertz CT molecular complexity index is 1060. The quantitative estimate of drug-likeness (QED) is 0.603. The van der Waals surface area contributed by atoms with Gasteiger partial charge in [0, 0.05) is 27.7 Å². The van der Waals surface area contributed by atoms with Crippen molar-refractivity contribution >= 4 is 17.5 Å². The first kappa shape index (κ1) is 19.5. The lowest BCUT2D eigenvalue weighted by molar-refractivity contribution is 0.101. The molecule has 0 aliphatic heterocycles. The third-order valence-corrected chi connectivity index (χ3v) is 5.12. The number of carbonyl (C=O) groups excluding carboxylic acids is 1. The van der Waals surface area contributed by atoms with Gasteiger partial charge in [-0.15, -0.1) is 0 Å². The van der Waals surface area contributed by atoms with Crippen molar-refractivity contribution in [2.75, 3.05) is 0 Å². The Labute approximate surface area is 167 Å². The monoisotopic (exact) mass is 390 g/mol. The predicted octanol–water partition coefficient (Wildman–Crippen LogP) is 4.90. The first-order chi connectivity index (χ1) is 13.5. The van der Waals surface area contributed by atoms with Crippen LogP contribution in [0.2, 0.25) is 0 Å². The van der Waals surface area contributed by atoms with Gasteiger partial charge in [-0.25, -0.2) is 0 Å². The van der Waals surface area contributed by atoms with Crippen LogP contribution >= 0.6 is 11.8 Å². The number of pyridine rings is 1. The van der Waals surface area contributed by atoms with Gasteiger partial charge in [0.05, 0.1) is 11.1 Å². The van der Waals surface area contributed by atoms with Crippen molar-refractivity contribution in [2.24, 2.45) is 0 Å². The number of ether oxygens (including phenoxy) is 1. The molecule has 28 heavy (non-hydrogen) atoms. The number of phenolic OH excluding ortho intramolecular Hbond substituents is 1. The summed E-state index contributed by atoms with van der Waals surface area (Å²) in [6.07, 6.45) is 3.26. The lowest BCUT2D eigenvalue weighted by atomic mass is 10.1. The number of aromatic nitrogens is 1. The van der Waals surface area contributed by atoms with Gasteiger partial charge in [-0.2, -0.15) is 5.26 Å². The zero-order valence-corrected chi connectivity index (χ0v) is 16.3. The van der Waals surface area contributed by atoms with E-state index in [1.165, 1.54) is 24.9 Å². The second-order valence-corrected chi connectivity index (χ2v) is 7.34. The Hall–Kier alpha value is -3.30. The minimum atomic E-state index is -0.184. The molecule has 0 atom stereocenters. The van der Waals surface area contributed by atoms with Gasteiger partial charge in [-0.3, -0.25) is 9.78 Å². The minimum Gasteiger partial charge on any atom is -0.507 e. The molecule has 3 aromatic rings.